The van der Waals surface area contributed by atoms with E-state index >= 15 is 0 Å². The fourth-order valence-corrected chi connectivity index (χ4v) is 6.33. The number of hydrogen-bond acceptors (Lipinski definition) is 5. The van der Waals surface area contributed by atoms with Gasteiger partial charge >= 0.3 is 13.1 Å². The summed E-state index contributed by atoms with van der Waals surface area (Å²) in [5, 5.41) is 0.321. The molecule has 0 spiro atoms. The van der Waals surface area contributed by atoms with Crippen LogP contribution >= 0.6 is 11.6 Å². The van der Waals surface area contributed by atoms with Crippen molar-refractivity contribution in [2.45, 2.75) is 90.9 Å². The smallest absolute Gasteiger partial charge is 0.461 e. The molecule has 176 valence electrons. The van der Waals surface area contributed by atoms with Crippen LogP contribution in [0.25, 0.3) is 0 Å². The molecule has 0 radical (unpaired) electrons. The van der Waals surface area contributed by atoms with Crippen molar-refractivity contribution in [3.05, 3.63) is 28.3 Å². The summed E-state index contributed by atoms with van der Waals surface area (Å²) >= 11 is 6.39. The first-order valence-electron chi connectivity index (χ1n) is 11.7. The van der Waals surface area contributed by atoms with E-state index in [2.05, 4.69) is 27.7 Å². The second-order valence-corrected chi connectivity index (χ2v) is 12.0. The van der Waals surface area contributed by atoms with Gasteiger partial charge in [-0.3, -0.25) is 0 Å². The summed E-state index contributed by atoms with van der Waals surface area (Å²) in [6.45, 7) is 14.6. The predicted molar refractivity (Wildman–Crippen MR) is 126 cm³/mol. The fraction of sp³-hybridized carbons (Fsp3) is 0.720. The summed E-state index contributed by atoms with van der Waals surface area (Å²) in [6.07, 6.45) is 3.09. The maximum Gasteiger partial charge on any atom is 0.461 e. The Balaban J connectivity index is 1.54. The van der Waals surface area contributed by atoms with E-state index in [0.29, 0.717) is 28.5 Å². The molecule has 0 amide bonds. The highest BCUT2D eigenvalue weighted by Crippen LogP contribution is 2.66. The first-order chi connectivity index (χ1) is 14.8. The minimum atomic E-state index is -0.625. The average molecular weight is 463 g/mol. The molecule has 4 fully saturated rings. The highest BCUT2D eigenvalue weighted by Gasteiger charge is 2.68. The molecule has 5 nitrogen and oxygen atoms in total. The number of rotatable bonds is 5. The topological polar surface area (TPSA) is 54.0 Å². The van der Waals surface area contributed by atoms with Gasteiger partial charge in [-0.25, -0.2) is 4.79 Å². The third-order valence-corrected chi connectivity index (χ3v) is 8.29. The van der Waals surface area contributed by atoms with Gasteiger partial charge < -0.3 is 18.8 Å². The molecule has 5 atom stereocenters. The zero-order valence-electron chi connectivity index (χ0n) is 20.6. The third kappa shape index (κ3) is 3.86. The average Bonchev–Trinajstić information content (AvgIpc) is 3.04. The summed E-state index contributed by atoms with van der Waals surface area (Å²) in [5.74, 6) is 1.31. The Bertz CT molecular complexity index is 910. The largest absolute Gasteiger partial charge is 0.496 e. The Morgan fingerprint density at radius 1 is 1.28 bits per heavy atom. The van der Waals surface area contributed by atoms with Gasteiger partial charge in [0.15, 0.2) is 0 Å². The Morgan fingerprint density at radius 2 is 1.97 bits per heavy atom. The monoisotopic (exact) mass is 462 g/mol. The molecule has 4 aliphatic rings. The van der Waals surface area contributed by atoms with Gasteiger partial charge in [-0.1, -0.05) is 38.4 Å². The molecular formula is C25H36BClO5. The molecule has 0 aromatic heterocycles. The molecule has 1 saturated heterocycles. The lowest BCUT2D eigenvalue weighted by molar-refractivity contribution is -0.199. The molecule has 1 aromatic carbocycles. The van der Waals surface area contributed by atoms with Gasteiger partial charge in [0.05, 0.1) is 23.8 Å². The lowest BCUT2D eigenvalue weighted by Crippen LogP contribution is -2.65. The Kier molecular flexibility index (Phi) is 5.92. The van der Waals surface area contributed by atoms with Gasteiger partial charge in [-0.15, -0.1) is 0 Å². The van der Waals surface area contributed by atoms with E-state index in [1.54, 1.807) is 13.2 Å². The summed E-state index contributed by atoms with van der Waals surface area (Å²) in [4.78, 5) is 12.8. The molecule has 1 aromatic rings. The highest BCUT2D eigenvalue weighted by atomic mass is 35.5. The number of halogens is 1. The minimum absolute atomic E-state index is 0.0827. The van der Waals surface area contributed by atoms with Crippen LogP contribution in [-0.4, -0.2) is 37.5 Å². The van der Waals surface area contributed by atoms with Crippen LogP contribution in [0.4, 0.5) is 0 Å². The molecular weight excluding hydrogens is 427 g/mol. The van der Waals surface area contributed by atoms with Crippen LogP contribution in [0.1, 0.15) is 77.2 Å². The van der Waals surface area contributed by atoms with Crippen LogP contribution in [0.5, 0.6) is 5.75 Å². The molecule has 3 saturated carbocycles. The first-order valence-corrected chi connectivity index (χ1v) is 12.1. The van der Waals surface area contributed by atoms with Crippen molar-refractivity contribution in [3.8, 4) is 5.75 Å². The molecule has 0 N–H and O–H groups in total. The van der Waals surface area contributed by atoms with Crippen molar-refractivity contribution < 1.29 is 23.6 Å². The first kappa shape index (κ1) is 23.9. The van der Waals surface area contributed by atoms with Gasteiger partial charge in [0.1, 0.15) is 16.9 Å². The Labute approximate surface area is 197 Å². The maximum absolute atomic E-state index is 12.8. The highest BCUT2D eigenvalue weighted by molar-refractivity contribution is 6.47. The molecule has 3 aliphatic carbocycles. The Hall–Kier alpha value is -1.24. The molecule has 5 rings (SSSR count). The summed E-state index contributed by atoms with van der Waals surface area (Å²) in [6, 6.07) is 3.65. The van der Waals surface area contributed by atoms with Crippen LogP contribution in [0.15, 0.2) is 12.1 Å². The Morgan fingerprint density at radius 3 is 2.56 bits per heavy atom. The van der Waals surface area contributed by atoms with E-state index < -0.39 is 11.6 Å². The van der Waals surface area contributed by atoms with Crippen molar-refractivity contribution in [3.63, 3.8) is 0 Å². The molecule has 1 aliphatic heterocycles. The number of esters is 1. The molecule has 2 bridgehead atoms. The van der Waals surface area contributed by atoms with Crippen molar-refractivity contribution in [1.82, 2.24) is 0 Å². The van der Waals surface area contributed by atoms with E-state index in [-0.39, 0.29) is 30.2 Å². The molecule has 32 heavy (non-hydrogen) atoms. The second-order valence-electron chi connectivity index (χ2n) is 11.6. The van der Waals surface area contributed by atoms with Gasteiger partial charge in [-0.05, 0) is 81.7 Å². The molecule has 0 unspecified atom stereocenters. The normalized spacial score (nSPS) is 31.5. The van der Waals surface area contributed by atoms with Crippen LogP contribution in [0.2, 0.25) is 10.8 Å². The second kappa shape index (κ2) is 7.92. The van der Waals surface area contributed by atoms with E-state index in [0.717, 1.165) is 17.9 Å². The van der Waals surface area contributed by atoms with Crippen LogP contribution in [-0.2, 0) is 20.5 Å². The zero-order valence-corrected chi connectivity index (χ0v) is 21.3. The third-order valence-electron chi connectivity index (χ3n) is 7.97. The van der Waals surface area contributed by atoms with Gasteiger partial charge in [0, 0.05) is 0 Å². The molecule has 1 heterocycles. The van der Waals surface area contributed by atoms with Crippen molar-refractivity contribution in [2.75, 3.05) is 7.11 Å². The van der Waals surface area contributed by atoms with Gasteiger partial charge in [-0.2, -0.15) is 0 Å². The number of carbonyl (C=O) groups excluding carboxylic acids is 1. The number of methoxy groups -OCH3 is 1. The van der Waals surface area contributed by atoms with Crippen LogP contribution in [0.3, 0.4) is 0 Å². The predicted octanol–water partition coefficient (Wildman–Crippen LogP) is 5.96. The van der Waals surface area contributed by atoms with Gasteiger partial charge in [0.2, 0.25) is 0 Å². The quantitative estimate of drug-likeness (QED) is 0.399. The SMILES string of the molecule is COc1c(C[C@@H](C)B2O[C@@H]3C[C@@H]4C[C@@H](C4(C)C)[C@]3(C)O2)ccc(Cl)c1C(=O)OC(C)(C)C. The number of benzene rings is 1. The maximum atomic E-state index is 12.8. The lowest BCUT2D eigenvalue weighted by Gasteiger charge is -2.64. The number of ether oxygens (including phenoxy) is 2. The van der Waals surface area contributed by atoms with E-state index in [4.69, 9.17) is 30.4 Å². The van der Waals surface area contributed by atoms with Crippen molar-refractivity contribution in [1.29, 1.82) is 0 Å². The van der Waals surface area contributed by atoms with Crippen molar-refractivity contribution >= 4 is 24.7 Å². The summed E-state index contributed by atoms with van der Waals surface area (Å²) < 4.78 is 24.3. The van der Waals surface area contributed by atoms with E-state index in [9.17, 15) is 4.79 Å². The summed E-state index contributed by atoms with van der Waals surface area (Å²) in [5.41, 5.74) is 0.616. The minimum Gasteiger partial charge on any atom is -0.496 e. The zero-order chi connectivity index (χ0) is 23.6. The number of carbonyl (C=O) groups is 1. The number of hydrogen-bond donors (Lipinski definition) is 0. The summed E-state index contributed by atoms with van der Waals surface area (Å²) in [7, 11) is 1.27. The van der Waals surface area contributed by atoms with Gasteiger partial charge in [0.25, 0.3) is 0 Å². The van der Waals surface area contributed by atoms with Crippen molar-refractivity contribution in [2.24, 2.45) is 17.3 Å². The lowest BCUT2D eigenvalue weighted by atomic mass is 9.43. The molecule has 7 heteroatoms. The van der Waals surface area contributed by atoms with Crippen LogP contribution < -0.4 is 4.74 Å². The standard InChI is InChI=1S/C25H36BClO5/c1-14(26-31-19-13-16-12-18(24(16,5)6)25(19,7)32-26)11-15-9-10-17(27)20(21(15)29-8)22(28)30-23(2,3)4/h9-10,14,16,18-19H,11-13H2,1-8H3/t14-,16+,18+,19-,25+/m1/s1. The van der Waals surface area contributed by atoms with E-state index in [1.807, 2.05) is 26.8 Å². The van der Waals surface area contributed by atoms with E-state index in [1.165, 1.54) is 6.42 Å². The fourth-order valence-electron chi connectivity index (χ4n) is 6.10. The van der Waals surface area contributed by atoms with Crippen LogP contribution in [0, 0.1) is 17.3 Å².